The summed E-state index contributed by atoms with van der Waals surface area (Å²) in [6.45, 7) is 0. The lowest BCUT2D eigenvalue weighted by Gasteiger charge is -2.09. The van der Waals surface area contributed by atoms with Gasteiger partial charge in [-0.2, -0.15) is 0 Å². The van der Waals surface area contributed by atoms with E-state index in [4.69, 9.17) is 4.74 Å². The average molecular weight is 214 g/mol. The number of hydrogen-bond donors (Lipinski definition) is 0. The molecule has 0 spiro atoms. The fourth-order valence-corrected chi connectivity index (χ4v) is 1.58. The Hall–Kier alpha value is -1.03. The number of carbonyl (C=O) groups excluding carboxylic acids is 1. The molecular weight excluding hydrogens is 203 g/mol. The van der Waals surface area contributed by atoms with Gasteiger partial charge in [-0.1, -0.05) is 0 Å². The molecule has 76 valence electrons. The van der Waals surface area contributed by atoms with Crippen molar-refractivity contribution in [3.05, 3.63) is 23.8 Å². The molecule has 0 amide bonds. The Morgan fingerprint density at radius 3 is 2.79 bits per heavy atom. The molecule has 0 aliphatic carbocycles. The first-order valence-electron chi connectivity index (χ1n) is 4.04. The fourth-order valence-electron chi connectivity index (χ4n) is 1.13. The molecule has 1 aromatic carbocycles. The van der Waals surface area contributed by atoms with Crippen LogP contribution in [-0.4, -0.2) is 19.7 Å². The Balaban J connectivity index is 3.14. The van der Waals surface area contributed by atoms with E-state index >= 15 is 0 Å². The summed E-state index contributed by atoms with van der Waals surface area (Å²) in [5, 5.41) is 0. The van der Waals surface area contributed by atoms with Crippen LogP contribution in [0.5, 0.6) is 5.75 Å². The summed E-state index contributed by atoms with van der Waals surface area (Å²) >= 11 is 1.49. The second kappa shape index (κ2) is 5.00. The zero-order valence-electron chi connectivity index (χ0n) is 7.99. The van der Waals surface area contributed by atoms with Crippen molar-refractivity contribution in [2.24, 2.45) is 0 Å². The van der Waals surface area contributed by atoms with Gasteiger partial charge in [0.2, 0.25) is 0 Å². The third-order valence-corrected chi connectivity index (χ3v) is 2.58. The highest BCUT2D eigenvalue weighted by molar-refractivity contribution is 7.98. The largest absolute Gasteiger partial charge is 0.496 e. The predicted octanol–water partition coefficient (Wildman–Crippen LogP) is 2.63. The van der Waals surface area contributed by atoms with E-state index in [9.17, 15) is 9.18 Å². The molecule has 1 aromatic rings. The lowest BCUT2D eigenvalue weighted by atomic mass is 10.1. The van der Waals surface area contributed by atoms with E-state index in [0.717, 1.165) is 4.90 Å². The summed E-state index contributed by atoms with van der Waals surface area (Å²) < 4.78 is 18.1. The van der Waals surface area contributed by atoms with Crippen LogP contribution in [0.2, 0.25) is 0 Å². The Labute approximate surface area is 86.5 Å². The van der Waals surface area contributed by atoms with Crippen LogP contribution in [0.4, 0.5) is 4.39 Å². The minimum absolute atomic E-state index is 0.266. The minimum atomic E-state index is -1.61. The first-order chi connectivity index (χ1) is 6.72. The Kier molecular flexibility index (Phi) is 3.95. The second-order valence-corrected chi connectivity index (χ2v) is 3.53. The Bertz CT molecular complexity index is 328. The van der Waals surface area contributed by atoms with Crippen molar-refractivity contribution < 1.29 is 13.9 Å². The van der Waals surface area contributed by atoms with Crippen molar-refractivity contribution in [1.82, 2.24) is 0 Å². The third kappa shape index (κ3) is 2.26. The molecule has 0 saturated carbocycles. The van der Waals surface area contributed by atoms with Crippen molar-refractivity contribution in [3.63, 3.8) is 0 Å². The quantitative estimate of drug-likeness (QED) is 0.569. The number of ether oxygens (including phenoxy) is 1. The molecule has 14 heavy (non-hydrogen) atoms. The molecule has 1 rings (SSSR count). The lowest BCUT2D eigenvalue weighted by molar-refractivity contribution is -0.112. The van der Waals surface area contributed by atoms with Crippen molar-refractivity contribution in [3.8, 4) is 5.75 Å². The summed E-state index contributed by atoms with van der Waals surface area (Å²) in [6.07, 6.45) is 0.541. The Morgan fingerprint density at radius 2 is 2.29 bits per heavy atom. The van der Waals surface area contributed by atoms with Crippen molar-refractivity contribution in [1.29, 1.82) is 0 Å². The van der Waals surface area contributed by atoms with E-state index in [0.29, 0.717) is 5.75 Å². The van der Waals surface area contributed by atoms with E-state index in [2.05, 4.69) is 0 Å². The maximum atomic E-state index is 13.2. The van der Waals surface area contributed by atoms with Crippen LogP contribution < -0.4 is 4.74 Å². The number of aldehydes is 1. The van der Waals surface area contributed by atoms with Crippen molar-refractivity contribution in [2.45, 2.75) is 11.1 Å². The molecule has 0 aromatic heterocycles. The SMILES string of the molecule is COc1ccc(SC)cc1C(F)C=O. The highest BCUT2D eigenvalue weighted by Gasteiger charge is 2.14. The minimum Gasteiger partial charge on any atom is -0.496 e. The molecule has 1 atom stereocenters. The van der Waals surface area contributed by atoms with Crippen LogP contribution in [0.3, 0.4) is 0 Å². The van der Waals surface area contributed by atoms with Gasteiger partial charge in [-0.05, 0) is 24.5 Å². The van der Waals surface area contributed by atoms with Crippen LogP contribution in [0, 0.1) is 0 Å². The van der Waals surface area contributed by atoms with E-state index in [1.807, 2.05) is 12.3 Å². The molecule has 4 heteroatoms. The van der Waals surface area contributed by atoms with Gasteiger partial charge in [0, 0.05) is 10.5 Å². The topological polar surface area (TPSA) is 26.3 Å². The van der Waals surface area contributed by atoms with Crippen molar-refractivity contribution >= 4 is 18.0 Å². The maximum absolute atomic E-state index is 13.2. The van der Waals surface area contributed by atoms with E-state index in [-0.39, 0.29) is 11.8 Å². The van der Waals surface area contributed by atoms with Gasteiger partial charge >= 0.3 is 0 Å². The van der Waals surface area contributed by atoms with Crippen LogP contribution in [0.15, 0.2) is 23.1 Å². The normalized spacial score (nSPS) is 12.2. The van der Waals surface area contributed by atoms with E-state index in [1.165, 1.54) is 18.9 Å². The molecule has 0 bridgehead atoms. The zero-order chi connectivity index (χ0) is 10.6. The molecule has 0 fully saturated rings. The van der Waals surface area contributed by atoms with Gasteiger partial charge in [-0.3, -0.25) is 4.79 Å². The summed E-state index contributed by atoms with van der Waals surface area (Å²) in [5.74, 6) is 0.405. The molecule has 0 aliphatic rings. The molecule has 2 nitrogen and oxygen atoms in total. The number of halogens is 1. The molecule has 0 aliphatic heterocycles. The first kappa shape index (κ1) is 11.0. The molecule has 0 heterocycles. The first-order valence-corrected chi connectivity index (χ1v) is 5.26. The van der Waals surface area contributed by atoms with Gasteiger partial charge in [0.05, 0.1) is 7.11 Å². The van der Waals surface area contributed by atoms with Gasteiger partial charge < -0.3 is 4.74 Å². The summed E-state index contributed by atoms with van der Waals surface area (Å²) in [5.41, 5.74) is 0.286. The summed E-state index contributed by atoms with van der Waals surface area (Å²) in [7, 11) is 1.45. The summed E-state index contributed by atoms with van der Waals surface area (Å²) in [6, 6.07) is 5.12. The number of alkyl halides is 1. The summed E-state index contributed by atoms with van der Waals surface area (Å²) in [4.78, 5) is 11.2. The number of benzene rings is 1. The fraction of sp³-hybridized carbons (Fsp3) is 0.300. The highest BCUT2D eigenvalue weighted by Crippen LogP contribution is 2.30. The number of methoxy groups -OCH3 is 1. The van der Waals surface area contributed by atoms with Gasteiger partial charge in [0.1, 0.15) is 5.75 Å². The van der Waals surface area contributed by atoms with Gasteiger partial charge in [-0.15, -0.1) is 11.8 Å². The van der Waals surface area contributed by atoms with Crippen LogP contribution in [-0.2, 0) is 4.79 Å². The highest BCUT2D eigenvalue weighted by atomic mass is 32.2. The smallest absolute Gasteiger partial charge is 0.184 e. The molecule has 0 saturated heterocycles. The monoisotopic (exact) mass is 214 g/mol. The Morgan fingerprint density at radius 1 is 1.57 bits per heavy atom. The predicted molar refractivity (Wildman–Crippen MR) is 54.7 cm³/mol. The number of rotatable bonds is 4. The van der Waals surface area contributed by atoms with E-state index < -0.39 is 6.17 Å². The number of hydrogen-bond acceptors (Lipinski definition) is 3. The number of carbonyl (C=O) groups is 1. The van der Waals surface area contributed by atoms with Crippen LogP contribution in [0.1, 0.15) is 11.7 Å². The lowest BCUT2D eigenvalue weighted by Crippen LogP contribution is -1.97. The van der Waals surface area contributed by atoms with Gasteiger partial charge in [0.15, 0.2) is 12.5 Å². The molecular formula is C10H11FO2S. The van der Waals surface area contributed by atoms with Crippen molar-refractivity contribution in [2.75, 3.05) is 13.4 Å². The average Bonchev–Trinajstić information content (AvgIpc) is 2.27. The number of thioether (sulfide) groups is 1. The van der Waals surface area contributed by atoms with Crippen LogP contribution in [0.25, 0.3) is 0 Å². The maximum Gasteiger partial charge on any atom is 0.184 e. The molecule has 0 N–H and O–H groups in total. The van der Waals surface area contributed by atoms with Gasteiger partial charge in [-0.25, -0.2) is 4.39 Å². The molecule has 0 radical (unpaired) electrons. The second-order valence-electron chi connectivity index (χ2n) is 2.65. The molecule has 1 unspecified atom stereocenters. The van der Waals surface area contributed by atoms with Gasteiger partial charge in [0.25, 0.3) is 0 Å². The van der Waals surface area contributed by atoms with E-state index in [1.54, 1.807) is 12.1 Å². The van der Waals surface area contributed by atoms with Crippen LogP contribution >= 0.6 is 11.8 Å². The third-order valence-electron chi connectivity index (χ3n) is 1.85. The standard InChI is InChI=1S/C10H11FO2S/c1-13-10-4-3-7(14-2)5-8(10)9(11)6-12/h3-6,9H,1-2H3. The zero-order valence-corrected chi connectivity index (χ0v) is 8.81.